The number of ketones is 1. The van der Waals surface area contributed by atoms with Gasteiger partial charge in [-0.25, -0.2) is 0 Å². The van der Waals surface area contributed by atoms with E-state index in [0.29, 0.717) is 11.6 Å². The Kier molecular flexibility index (Phi) is 7.21. The Morgan fingerprint density at radius 1 is 1.08 bits per heavy atom. The summed E-state index contributed by atoms with van der Waals surface area (Å²) in [6.45, 7) is 3.15. The van der Waals surface area contributed by atoms with E-state index in [-0.39, 0.29) is 22.8 Å². The standard InChI is InChI=1S/C20H21ClN2O.BrH/c1-15-5-7-16(8-6-15)19(24)14-23(20-4-2-3-13-22-20)18-11-9-17(21)10-12-18;/h5-12H,2-4,13-14H2,1H3;1H. The fourth-order valence-electron chi connectivity index (χ4n) is 2.83. The molecule has 0 spiro atoms. The largest absolute Gasteiger partial charge is 0.322 e. The van der Waals surface area contributed by atoms with Crippen LogP contribution in [0.15, 0.2) is 53.5 Å². The fourth-order valence-corrected chi connectivity index (χ4v) is 2.96. The topological polar surface area (TPSA) is 32.7 Å². The number of anilines is 1. The minimum absolute atomic E-state index is 0. The molecule has 0 unspecified atom stereocenters. The monoisotopic (exact) mass is 420 g/mol. The maximum atomic E-state index is 12.7. The molecular formula is C20H22BrClN2O. The van der Waals surface area contributed by atoms with E-state index < -0.39 is 0 Å². The summed E-state index contributed by atoms with van der Waals surface area (Å²) in [6.07, 6.45) is 3.13. The summed E-state index contributed by atoms with van der Waals surface area (Å²) < 4.78 is 0. The Morgan fingerprint density at radius 2 is 1.76 bits per heavy atom. The summed E-state index contributed by atoms with van der Waals surface area (Å²) in [6, 6.07) is 15.3. The molecule has 5 heteroatoms. The van der Waals surface area contributed by atoms with Gasteiger partial charge >= 0.3 is 0 Å². The third-order valence-corrected chi connectivity index (χ3v) is 4.48. The molecule has 0 aromatic heterocycles. The molecule has 0 fully saturated rings. The number of Topliss-reactive ketones (excluding diaryl/α,β-unsaturated/α-hetero) is 1. The third kappa shape index (κ3) is 5.16. The summed E-state index contributed by atoms with van der Waals surface area (Å²) in [5.41, 5.74) is 2.84. The minimum Gasteiger partial charge on any atom is -0.322 e. The quantitative estimate of drug-likeness (QED) is 0.611. The van der Waals surface area contributed by atoms with Gasteiger partial charge in [-0.3, -0.25) is 9.79 Å². The molecule has 1 aliphatic rings. The van der Waals surface area contributed by atoms with Gasteiger partial charge in [0.2, 0.25) is 0 Å². The number of hydrogen-bond donors (Lipinski definition) is 0. The summed E-state index contributed by atoms with van der Waals surface area (Å²) in [7, 11) is 0. The predicted molar refractivity (Wildman–Crippen MR) is 111 cm³/mol. The van der Waals surface area contributed by atoms with E-state index in [1.807, 2.05) is 60.4 Å². The second kappa shape index (κ2) is 9.16. The summed E-state index contributed by atoms with van der Waals surface area (Å²) in [4.78, 5) is 19.4. The van der Waals surface area contributed by atoms with Crippen molar-refractivity contribution in [3.05, 3.63) is 64.7 Å². The maximum absolute atomic E-state index is 12.7. The van der Waals surface area contributed by atoms with Gasteiger partial charge in [0.15, 0.2) is 5.78 Å². The van der Waals surface area contributed by atoms with Crippen LogP contribution in [-0.4, -0.2) is 24.7 Å². The molecule has 0 atom stereocenters. The highest BCUT2D eigenvalue weighted by Crippen LogP contribution is 2.22. The molecule has 0 aliphatic carbocycles. The van der Waals surface area contributed by atoms with Crippen molar-refractivity contribution in [1.29, 1.82) is 0 Å². The molecule has 0 radical (unpaired) electrons. The SMILES string of the molecule is Br.Cc1ccc(C(=O)CN(C2=NCCCC2)c2ccc(Cl)cc2)cc1. The molecule has 3 rings (SSSR count). The lowest BCUT2D eigenvalue weighted by molar-refractivity contribution is 0.100. The highest BCUT2D eigenvalue weighted by molar-refractivity contribution is 8.93. The zero-order chi connectivity index (χ0) is 16.9. The number of carbonyl (C=O) groups is 1. The zero-order valence-electron chi connectivity index (χ0n) is 14.2. The lowest BCUT2D eigenvalue weighted by atomic mass is 10.1. The number of nitrogens with zero attached hydrogens (tertiary/aromatic N) is 2. The molecule has 0 bridgehead atoms. The van der Waals surface area contributed by atoms with Gasteiger partial charge < -0.3 is 4.90 Å². The lowest BCUT2D eigenvalue weighted by Gasteiger charge is -2.28. The molecule has 2 aromatic rings. The molecule has 2 aromatic carbocycles. The molecular weight excluding hydrogens is 400 g/mol. The van der Waals surface area contributed by atoms with Crippen LogP contribution in [0.2, 0.25) is 5.02 Å². The fraction of sp³-hybridized carbons (Fsp3) is 0.300. The Balaban J connectivity index is 0.00000225. The number of benzene rings is 2. The molecule has 0 amide bonds. The predicted octanol–water partition coefficient (Wildman–Crippen LogP) is 5.50. The van der Waals surface area contributed by atoms with Crippen LogP contribution in [0.5, 0.6) is 0 Å². The highest BCUT2D eigenvalue weighted by Gasteiger charge is 2.19. The number of carbonyl (C=O) groups excluding carboxylic acids is 1. The van der Waals surface area contributed by atoms with E-state index in [1.165, 1.54) is 0 Å². The van der Waals surface area contributed by atoms with Crippen molar-refractivity contribution >= 4 is 45.9 Å². The summed E-state index contributed by atoms with van der Waals surface area (Å²) in [5, 5.41) is 0.689. The van der Waals surface area contributed by atoms with Crippen LogP contribution in [-0.2, 0) is 0 Å². The van der Waals surface area contributed by atoms with Gasteiger partial charge in [-0.1, -0.05) is 41.4 Å². The van der Waals surface area contributed by atoms with E-state index in [2.05, 4.69) is 4.99 Å². The minimum atomic E-state index is 0. The number of halogens is 2. The maximum Gasteiger partial charge on any atom is 0.182 e. The summed E-state index contributed by atoms with van der Waals surface area (Å²) >= 11 is 6.00. The Morgan fingerprint density at radius 3 is 2.36 bits per heavy atom. The average Bonchev–Trinajstić information content (AvgIpc) is 2.62. The third-order valence-electron chi connectivity index (χ3n) is 4.23. The van der Waals surface area contributed by atoms with E-state index in [1.54, 1.807) is 0 Å². The van der Waals surface area contributed by atoms with Crippen molar-refractivity contribution in [3.63, 3.8) is 0 Å². The van der Waals surface area contributed by atoms with Crippen LogP contribution in [0, 0.1) is 6.92 Å². The first-order chi connectivity index (χ1) is 11.6. The number of aliphatic imine (C=N–C) groups is 1. The van der Waals surface area contributed by atoms with Crippen LogP contribution in [0.3, 0.4) is 0 Å². The molecule has 132 valence electrons. The molecule has 3 nitrogen and oxygen atoms in total. The molecule has 0 N–H and O–H groups in total. The van der Waals surface area contributed by atoms with Gasteiger partial charge in [0.25, 0.3) is 0 Å². The second-order valence-corrected chi connectivity index (χ2v) is 6.54. The first-order valence-corrected chi connectivity index (χ1v) is 8.67. The van der Waals surface area contributed by atoms with E-state index in [0.717, 1.165) is 48.5 Å². The van der Waals surface area contributed by atoms with Crippen LogP contribution in [0.4, 0.5) is 5.69 Å². The smallest absolute Gasteiger partial charge is 0.182 e. The van der Waals surface area contributed by atoms with Gasteiger partial charge in [-0.15, -0.1) is 17.0 Å². The zero-order valence-corrected chi connectivity index (χ0v) is 16.7. The average molecular weight is 422 g/mol. The first-order valence-electron chi connectivity index (χ1n) is 8.30. The molecule has 1 aliphatic heterocycles. The normalized spacial score (nSPS) is 13.6. The number of aryl methyl sites for hydroxylation is 1. The first kappa shape index (κ1) is 19.7. The van der Waals surface area contributed by atoms with Crippen LogP contribution in [0.1, 0.15) is 35.2 Å². The van der Waals surface area contributed by atoms with Gasteiger partial charge in [0.05, 0.1) is 6.54 Å². The van der Waals surface area contributed by atoms with Crippen molar-refractivity contribution in [1.82, 2.24) is 0 Å². The van der Waals surface area contributed by atoms with Crippen LogP contribution < -0.4 is 4.90 Å². The molecule has 0 saturated carbocycles. The lowest BCUT2D eigenvalue weighted by Crippen LogP contribution is -2.37. The van der Waals surface area contributed by atoms with Crippen molar-refractivity contribution in [2.24, 2.45) is 4.99 Å². The van der Waals surface area contributed by atoms with Crippen molar-refractivity contribution < 1.29 is 4.79 Å². The highest BCUT2D eigenvalue weighted by atomic mass is 79.9. The van der Waals surface area contributed by atoms with Gasteiger partial charge in [0.1, 0.15) is 5.84 Å². The van der Waals surface area contributed by atoms with Gasteiger partial charge in [-0.05, 0) is 44.0 Å². The van der Waals surface area contributed by atoms with Gasteiger partial charge in [0, 0.05) is 29.2 Å². The Hall–Kier alpha value is -1.65. The Bertz CT molecular complexity index is 741. The van der Waals surface area contributed by atoms with Crippen molar-refractivity contribution in [2.75, 3.05) is 18.0 Å². The van der Waals surface area contributed by atoms with E-state index >= 15 is 0 Å². The van der Waals surface area contributed by atoms with Crippen molar-refractivity contribution in [3.8, 4) is 0 Å². The Labute approximate surface area is 164 Å². The van der Waals surface area contributed by atoms with Crippen LogP contribution in [0.25, 0.3) is 0 Å². The second-order valence-electron chi connectivity index (χ2n) is 6.11. The number of amidine groups is 1. The van der Waals surface area contributed by atoms with Crippen LogP contribution >= 0.6 is 28.6 Å². The molecule has 25 heavy (non-hydrogen) atoms. The summed E-state index contributed by atoms with van der Waals surface area (Å²) in [5.74, 6) is 1.09. The van der Waals surface area contributed by atoms with Crippen molar-refractivity contribution in [2.45, 2.75) is 26.2 Å². The van der Waals surface area contributed by atoms with Gasteiger partial charge in [-0.2, -0.15) is 0 Å². The molecule has 0 saturated heterocycles. The molecule has 1 heterocycles. The van der Waals surface area contributed by atoms with E-state index in [4.69, 9.17) is 11.6 Å². The number of rotatable bonds is 4. The van der Waals surface area contributed by atoms with E-state index in [9.17, 15) is 4.79 Å². The number of hydrogen-bond acceptors (Lipinski definition) is 3.